The summed E-state index contributed by atoms with van der Waals surface area (Å²) in [4.78, 5) is 26.4. The van der Waals surface area contributed by atoms with Gasteiger partial charge in [0.1, 0.15) is 0 Å². The number of pyridine rings is 1. The Balaban J connectivity index is 2.00. The molecule has 0 fully saturated rings. The van der Waals surface area contributed by atoms with Crippen LogP contribution in [0.1, 0.15) is 15.9 Å². The third kappa shape index (κ3) is 4.98. The van der Waals surface area contributed by atoms with Gasteiger partial charge in [0, 0.05) is 5.56 Å². The summed E-state index contributed by atoms with van der Waals surface area (Å²) < 4.78 is 37.4. The first-order chi connectivity index (χ1) is 11.3. The molecule has 0 aliphatic carbocycles. The number of nitrogens with zero attached hydrogens (tertiary/aromatic N) is 1. The Labute approximate surface area is 138 Å². The molecule has 0 saturated heterocycles. The van der Waals surface area contributed by atoms with E-state index in [1.807, 2.05) is 0 Å². The Morgan fingerprint density at radius 2 is 1.79 bits per heavy atom. The summed E-state index contributed by atoms with van der Waals surface area (Å²) in [6, 6.07) is 6.90. The van der Waals surface area contributed by atoms with Crippen molar-refractivity contribution in [2.75, 3.05) is 11.1 Å². The lowest BCUT2D eigenvalue weighted by atomic mass is 10.1. The molecule has 2 aromatic rings. The molecule has 1 heterocycles. The minimum Gasteiger partial charge on any atom is -0.481 e. The molecule has 0 radical (unpaired) electrons. The fourth-order valence-corrected chi connectivity index (χ4v) is 2.25. The van der Waals surface area contributed by atoms with Gasteiger partial charge in [0.2, 0.25) is 0 Å². The van der Waals surface area contributed by atoms with Gasteiger partial charge in [0.15, 0.2) is 0 Å². The molecule has 126 valence electrons. The smallest absolute Gasteiger partial charge is 0.416 e. The number of hydrogen-bond donors (Lipinski definition) is 2. The second-order valence-electron chi connectivity index (χ2n) is 4.60. The second kappa shape index (κ2) is 7.35. The number of carbonyl (C=O) groups excluding carboxylic acids is 1. The number of nitrogens with one attached hydrogen (secondary N) is 1. The van der Waals surface area contributed by atoms with E-state index in [0.29, 0.717) is 10.7 Å². The molecule has 0 atom stereocenters. The van der Waals surface area contributed by atoms with Crippen molar-refractivity contribution in [3.63, 3.8) is 0 Å². The Hall–Kier alpha value is -2.55. The maximum Gasteiger partial charge on any atom is 0.416 e. The Kier molecular flexibility index (Phi) is 5.45. The number of alkyl halides is 3. The maximum absolute atomic E-state index is 12.5. The predicted octanol–water partition coefficient (Wildman–Crippen LogP) is 3.53. The summed E-state index contributed by atoms with van der Waals surface area (Å²) >= 11 is 1.03. The van der Waals surface area contributed by atoms with Crippen LogP contribution in [0.2, 0.25) is 0 Å². The summed E-state index contributed by atoms with van der Waals surface area (Å²) in [6.07, 6.45) is -3.12. The van der Waals surface area contributed by atoms with Gasteiger partial charge in [0.25, 0.3) is 5.91 Å². The van der Waals surface area contributed by atoms with Crippen molar-refractivity contribution in [1.82, 2.24) is 4.98 Å². The number of benzene rings is 1. The van der Waals surface area contributed by atoms with E-state index in [9.17, 15) is 22.8 Å². The van der Waals surface area contributed by atoms with Crippen LogP contribution in [0.4, 0.5) is 18.9 Å². The standard InChI is InChI=1S/C15H11F3N2O3S/c16-15(17,18)10-3-1-9(2-4-10)14(23)20-11-5-6-12(19-7-11)24-8-13(21)22/h1-7H,8H2,(H,20,23)(H,21,22). The molecule has 1 aromatic carbocycles. The number of rotatable bonds is 5. The first-order valence-electron chi connectivity index (χ1n) is 6.55. The summed E-state index contributed by atoms with van der Waals surface area (Å²) in [5.74, 6) is -1.68. The van der Waals surface area contributed by atoms with Crippen LogP contribution in [-0.2, 0) is 11.0 Å². The molecule has 1 aromatic heterocycles. The number of aliphatic carboxylic acids is 1. The van der Waals surface area contributed by atoms with E-state index in [1.165, 1.54) is 18.3 Å². The number of hydrogen-bond acceptors (Lipinski definition) is 4. The highest BCUT2D eigenvalue weighted by Crippen LogP contribution is 2.29. The first kappa shape index (κ1) is 17.8. The average molecular weight is 356 g/mol. The highest BCUT2D eigenvalue weighted by molar-refractivity contribution is 7.99. The SMILES string of the molecule is O=C(O)CSc1ccc(NC(=O)c2ccc(C(F)(F)F)cc2)cn1. The fraction of sp³-hybridized carbons (Fsp3) is 0.133. The van der Waals surface area contributed by atoms with E-state index in [-0.39, 0.29) is 11.3 Å². The van der Waals surface area contributed by atoms with E-state index in [4.69, 9.17) is 5.11 Å². The van der Waals surface area contributed by atoms with Crippen LogP contribution in [0, 0.1) is 0 Å². The van der Waals surface area contributed by atoms with E-state index >= 15 is 0 Å². The van der Waals surface area contributed by atoms with Crippen LogP contribution < -0.4 is 5.32 Å². The van der Waals surface area contributed by atoms with Gasteiger partial charge in [0.05, 0.1) is 28.2 Å². The second-order valence-corrected chi connectivity index (χ2v) is 5.59. The van der Waals surface area contributed by atoms with Crippen LogP contribution in [-0.4, -0.2) is 27.7 Å². The van der Waals surface area contributed by atoms with E-state index in [1.54, 1.807) is 0 Å². The molecule has 0 saturated carbocycles. The predicted molar refractivity (Wildman–Crippen MR) is 82.0 cm³/mol. The van der Waals surface area contributed by atoms with Crippen molar-refractivity contribution in [3.05, 3.63) is 53.7 Å². The number of anilines is 1. The van der Waals surface area contributed by atoms with Crippen LogP contribution in [0.15, 0.2) is 47.6 Å². The minimum absolute atomic E-state index is 0.0762. The topological polar surface area (TPSA) is 79.3 Å². The van der Waals surface area contributed by atoms with Crippen molar-refractivity contribution >= 4 is 29.3 Å². The van der Waals surface area contributed by atoms with Crippen molar-refractivity contribution in [2.24, 2.45) is 0 Å². The Morgan fingerprint density at radius 1 is 1.12 bits per heavy atom. The van der Waals surface area contributed by atoms with Crippen LogP contribution in [0.25, 0.3) is 0 Å². The van der Waals surface area contributed by atoms with Crippen LogP contribution in [0.5, 0.6) is 0 Å². The third-order valence-corrected chi connectivity index (χ3v) is 3.74. The Morgan fingerprint density at radius 3 is 2.29 bits per heavy atom. The molecular weight excluding hydrogens is 345 g/mol. The zero-order chi connectivity index (χ0) is 17.7. The Bertz CT molecular complexity index is 731. The lowest BCUT2D eigenvalue weighted by Gasteiger charge is -2.08. The fourth-order valence-electron chi connectivity index (χ4n) is 1.69. The molecule has 0 unspecified atom stereocenters. The van der Waals surface area contributed by atoms with E-state index < -0.39 is 23.6 Å². The molecule has 9 heteroatoms. The van der Waals surface area contributed by atoms with Gasteiger partial charge in [-0.05, 0) is 36.4 Å². The van der Waals surface area contributed by atoms with Gasteiger partial charge in [-0.25, -0.2) is 4.98 Å². The van der Waals surface area contributed by atoms with Crippen LogP contribution in [0.3, 0.4) is 0 Å². The van der Waals surface area contributed by atoms with Crippen molar-refractivity contribution in [1.29, 1.82) is 0 Å². The number of halogens is 3. The largest absolute Gasteiger partial charge is 0.481 e. The average Bonchev–Trinajstić information content (AvgIpc) is 2.53. The summed E-state index contributed by atoms with van der Waals surface area (Å²) in [5.41, 5.74) is -0.410. The van der Waals surface area contributed by atoms with Gasteiger partial charge >= 0.3 is 12.1 Å². The normalized spacial score (nSPS) is 11.1. The lowest BCUT2D eigenvalue weighted by molar-refractivity contribution is -0.137. The highest BCUT2D eigenvalue weighted by Gasteiger charge is 2.30. The number of carbonyl (C=O) groups is 2. The monoisotopic (exact) mass is 356 g/mol. The summed E-state index contributed by atoms with van der Waals surface area (Å²) in [6.45, 7) is 0. The molecular formula is C15H11F3N2O3S. The van der Waals surface area contributed by atoms with Gasteiger partial charge in [-0.3, -0.25) is 9.59 Å². The molecule has 0 aliphatic rings. The summed E-state index contributed by atoms with van der Waals surface area (Å²) in [5, 5.41) is 11.5. The van der Waals surface area contributed by atoms with Gasteiger partial charge in [-0.1, -0.05) is 11.8 Å². The van der Waals surface area contributed by atoms with Crippen molar-refractivity contribution in [2.45, 2.75) is 11.2 Å². The molecule has 0 aliphatic heterocycles. The number of thioether (sulfide) groups is 1. The molecule has 5 nitrogen and oxygen atoms in total. The van der Waals surface area contributed by atoms with Gasteiger partial charge in [-0.15, -0.1) is 0 Å². The van der Waals surface area contributed by atoms with Crippen molar-refractivity contribution < 1.29 is 27.9 Å². The third-order valence-electron chi connectivity index (χ3n) is 2.81. The van der Waals surface area contributed by atoms with Gasteiger partial charge < -0.3 is 10.4 Å². The molecule has 1 amide bonds. The van der Waals surface area contributed by atoms with Gasteiger partial charge in [-0.2, -0.15) is 13.2 Å². The molecule has 24 heavy (non-hydrogen) atoms. The van der Waals surface area contributed by atoms with Crippen LogP contribution >= 0.6 is 11.8 Å². The first-order valence-corrected chi connectivity index (χ1v) is 7.53. The van der Waals surface area contributed by atoms with Crippen molar-refractivity contribution in [3.8, 4) is 0 Å². The van der Waals surface area contributed by atoms with E-state index in [0.717, 1.165) is 36.0 Å². The number of aromatic nitrogens is 1. The number of amides is 1. The molecule has 0 spiro atoms. The summed E-state index contributed by atoms with van der Waals surface area (Å²) in [7, 11) is 0. The molecule has 0 bridgehead atoms. The lowest BCUT2D eigenvalue weighted by Crippen LogP contribution is -2.13. The maximum atomic E-state index is 12.5. The minimum atomic E-state index is -4.46. The highest BCUT2D eigenvalue weighted by atomic mass is 32.2. The van der Waals surface area contributed by atoms with E-state index in [2.05, 4.69) is 10.3 Å². The molecule has 2 N–H and O–H groups in total. The number of carboxylic acids is 1. The number of carboxylic acid groups (broad SMARTS) is 1. The zero-order valence-corrected chi connectivity index (χ0v) is 12.8. The zero-order valence-electron chi connectivity index (χ0n) is 12.0. The molecule has 2 rings (SSSR count). The quantitative estimate of drug-likeness (QED) is 0.801.